The van der Waals surface area contributed by atoms with Crippen molar-refractivity contribution in [2.75, 3.05) is 20.1 Å². The maximum Gasteiger partial charge on any atom is 0.306 e. The van der Waals surface area contributed by atoms with Gasteiger partial charge in [-0.3, -0.25) is 4.79 Å². The number of carbonyl (C=O) groups is 1. The number of carbonyl (C=O) groups excluding carboxylic acids is 1. The fourth-order valence-electron chi connectivity index (χ4n) is 1.56. The molecule has 1 atom stereocenters. The summed E-state index contributed by atoms with van der Waals surface area (Å²) < 4.78 is 5.30. The van der Waals surface area contributed by atoms with E-state index in [-0.39, 0.29) is 12.1 Å². The molecule has 0 spiro atoms. The molecule has 0 amide bonds. The second-order valence-corrected chi connectivity index (χ2v) is 3.77. The summed E-state index contributed by atoms with van der Waals surface area (Å²) in [6, 6.07) is 0. The van der Waals surface area contributed by atoms with E-state index in [1.807, 2.05) is 0 Å². The molecule has 1 heterocycles. The van der Waals surface area contributed by atoms with E-state index in [4.69, 9.17) is 4.74 Å². The summed E-state index contributed by atoms with van der Waals surface area (Å²) in [7, 11) is 2.06. The number of hydrogen-bond acceptors (Lipinski definition) is 3. The summed E-state index contributed by atoms with van der Waals surface area (Å²) in [5.74, 6) is -0.0258. The Morgan fingerprint density at radius 2 is 2.38 bits per heavy atom. The molecule has 1 rings (SSSR count). The number of esters is 1. The molecule has 76 valence electrons. The molecule has 0 aromatic heterocycles. The normalized spacial score (nSPS) is 23.4. The second-order valence-electron chi connectivity index (χ2n) is 3.77. The number of nitrogens with zero attached hydrogens (tertiary/aromatic N) is 1. The van der Waals surface area contributed by atoms with Crippen molar-refractivity contribution in [2.24, 2.45) is 0 Å². The van der Waals surface area contributed by atoms with Gasteiger partial charge in [-0.1, -0.05) is 13.3 Å². The lowest BCUT2D eigenvalue weighted by molar-refractivity contribution is -0.148. The molecule has 0 N–H and O–H groups in total. The molecule has 1 fully saturated rings. The van der Waals surface area contributed by atoms with Gasteiger partial charge in [0.25, 0.3) is 0 Å². The van der Waals surface area contributed by atoms with Gasteiger partial charge in [0.05, 0.1) is 0 Å². The van der Waals surface area contributed by atoms with Gasteiger partial charge in [-0.2, -0.15) is 0 Å². The monoisotopic (exact) mass is 185 g/mol. The molecule has 13 heavy (non-hydrogen) atoms. The highest BCUT2D eigenvalue weighted by atomic mass is 16.5. The summed E-state index contributed by atoms with van der Waals surface area (Å²) in [6.45, 7) is 4.03. The van der Waals surface area contributed by atoms with E-state index in [1.54, 1.807) is 0 Å². The van der Waals surface area contributed by atoms with E-state index >= 15 is 0 Å². The van der Waals surface area contributed by atoms with Crippen molar-refractivity contribution in [1.82, 2.24) is 4.90 Å². The van der Waals surface area contributed by atoms with Crippen molar-refractivity contribution < 1.29 is 9.53 Å². The molecule has 3 nitrogen and oxygen atoms in total. The number of ether oxygens (including phenoxy) is 1. The molecular formula is C10H19NO2. The zero-order chi connectivity index (χ0) is 9.68. The predicted molar refractivity (Wildman–Crippen MR) is 51.5 cm³/mol. The van der Waals surface area contributed by atoms with Gasteiger partial charge in [0.1, 0.15) is 6.10 Å². The first-order valence-corrected chi connectivity index (χ1v) is 5.10. The summed E-state index contributed by atoms with van der Waals surface area (Å²) in [4.78, 5) is 13.4. The number of likely N-dealkylation sites (tertiary alicyclic amines) is 1. The highest BCUT2D eigenvalue weighted by molar-refractivity contribution is 5.69. The maximum absolute atomic E-state index is 11.2. The van der Waals surface area contributed by atoms with Gasteiger partial charge < -0.3 is 9.64 Å². The first-order chi connectivity index (χ1) is 6.22. The molecule has 0 bridgehead atoms. The molecule has 0 unspecified atom stereocenters. The predicted octanol–water partition coefficient (Wildman–Crippen LogP) is 1.42. The summed E-state index contributed by atoms with van der Waals surface area (Å²) in [6.07, 6.45) is 3.72. The van der Waals surface area contributed by atoms with Crippen molar-refractivity contribution in [1.29, 1.82) is 0 Å². The van der Waals surface area contributed by atoms with Crippen molar-refractivity contribution in [2.45, 2.75) is 38.7 Å². The Balaban J connectivity index is 2.13. The molecule has 1 aliphatic rings. The third-order valence-electron chi connectivity index (χ3n) is 2.38. The summed E-state index contributed by atoms with van der Waals surface area (Å²) in [5.41, 5.74) is 0. The van der Waals surface area contributed by atoms with E-state index in [0.29, 0.717) is 6.42 Å². The van der Waals surface area contributed by atoms with Crippen LogP contribution in [0.25, 0.3) is 0 Å². The van der Waals surface area contributed by atoms with E-state index in [0.717, 1.165) is 32.4 Å². The average Bonchev–Trinajstić information content (AvgIpc) is 2.48. The van der Waals surface area contributed by atoms with Crippen LogP contribution in [0.2, 0.25) is 0 Å². The highest BCUT2D eigenvalue weighted by Crippen LogP contribution is 2.11. The number of likely N-dealkylation sites (N-methyl/N-ethyl adjacent to an activating group) is 1. The van der Waals surface area contributed by atoms with Crippen LogP contribution in [-0.2, 0) is 9.53 Å². The minimum atomic E-state index is -0.0258. The van der Waals surface area contributed by atoms with Gasteiger partial charge in [-0.05, 0) is 19.9 Å². The Hall–Kier alpha value is -0.570. The van der Waals surface area contributed by atoms with E-state index in [1.165, 1.54) is 0 Å². The molecule has 0 aliphatic carbocycles. The fourth-order valence-corrected chi connectivity index (χ4v) is 1.56. The zero-order valence-electron chi connectivity index (χ0n) is 8.58. The lowest BCUT2D eigenvalue weighted by Gasteiger charge is -2.11. The molecule has 0 aromatic carbocycles. The molecule has 1 saturated heterocycles. The molecule has 3 heteroatoms. The first kappa shape index (κ1) is 10.5. The van der Waals surface area contributed by atoms with Gasteiger partial charge in [0.15, 0.2) is 0 Å². The maximum atomic E-state index is 11.2. The molecular weight excluding hydrogens is 166 g/mol. The van der Waals surface area contributed by atoms with Crippen LogP contribution < -0.4 is 0 Å². The van der Waals surface area contributed by atoms with Crippen LogP contribution >= 0.6 is 0 Å². The van der Waals surface area contributed by atoms with Gasteiger partial charge in [0, 0.05) is 19.5 Å². The molecule has 1 aliphatic heterocycles. The number of hydrogen-bond donors (Lipinski definition) is 0. The third-order valence-corrected chi connectivity index (χ3v) is 2.38. The van der Waals surface area contributed by atoms with Crippen molar-refractivity contribution in [3.63, 3.8) is 0 Å². The van der Waals surface area contributed by atoms with Crippen LogP contribution in [0.3, 0.4) is 0 Å². The molecule has 0 radical (unpaired) electrons. The Morgan fingerprint density at radius 1 is 1.62 bits per heavy atom. The van der Waals surface area contributed by atoms with Crippen LogP contribution in [0.4, 0.5) is 0 Å². The SMILES string of the molecule is CCCCC(=O)O[C@@H]1CCN(C)C1. The molecule has 0 aromatic rings. The Bertz CT molecular complexity index is 170. The third kappa shape index (κ3) is 3.77. The zero-order valence-corrected chi connectivity index (χ0v) is 8.58. The van der Waals surface area contributed by atoms with Crippen LogP contribution in [0.1, 0.15) is 32.6 Å². The van der Waals surface area contributed by atoms with Crippen molar-refractivity contribution in [3.05, 3.63) is 0 Å². The largest absolute Gasteiger partial charge is 0.461 e. The molecule has 0 saturated carbocycles. The van der Waals surface area contributed by atoms with Crippen LogP contribution in [0.15, 0.2) is 0 Å². The van der Waals surface area contributed by atoms with Gasteiger partial charge in [-0.15, -0.1) is 0 Å². The fraction of sp³-hybridized carbons (Fsp3) is 0.900. The lowest BCUT2D eigenvalue weighted by Crippen LogP contribution is -2.22. The van der Waals surface area contributed by atoms with Gasteiger partial charge in [0.2, 0.25) is 0 Å². The Kier molecular flexibility index (Phi) is 4.22. The van der Waals surface area contributed by atoms with Crippen LogP contribution in [0, 0.1) is 0 Å². The van der Waals surface area contributed by atoms with E-state index in [2.05, 4.69) is 18.9 Å². The Labute approximate surface area is 80.1 Å². The summed E-state index contributed by atoms with van der Waals surface area (Å²) >= 11 is 0. The van der Waals surface area contributed by atoms with Crippen LogP contribution in [-0.4, -0.2) is 37.1 Å². The van der Waals surface area contributed by atoms with Gasteiger partial charge >= 0.3 is 5.97 Å². The van der Waals surface area contributed by atoms with Crippen LogP contribution in [0.5, 0.6) is 0 Å². The lowest BCUT2D eigenvalue weighted by atomic mass is 10.2. The Morgan fingerprint density at radius 3 is 2.92 bits per heavy atom. The first-order valence-electron chi connectivity index (χ1n) is 5.10. The van der Waals surface area contributed by atoms with E-state index < -0.39 is 0 Å². The minimum absolute atomic E-state index is 0.0258. The van der Waals surface area contributed by atoms with Crippen molar-refractivity contribution >= 4 is 5.97 Å². The van der Waals surface area contributed by atoms with E-state index in [9.17, 15) is 4.79 Å². The number of unbranched alkanes of at least 4 members (excludes halogenated alkanes) is 1. The van der Waals surface area contributed by atoms with Gasteiger partial charge in [-0.25, -0.2) is 0 Å². The standard InChI is InChI=1S/C10H19NO2/c1-3-4-5-10(12)13-9-6-7-11(2)8-9/h9H,3-8H2,1-2H3/t9-/m1/s1. The topological polar surface area (TPSA) is 29.5 Å². The minimum Gasteiger partial charge on any atom is -0.461 e. The highest BCUT2D eigenvalue weighted by Gasteiger charge is 2.22. The number of rotatable bonds is 4. The smallest absolute Gasteiger partial charge is 0.306 e. The average molecular weight is 185 g/mol. The summed E-state index contributed by atoms with van der Waals surface area (Å²) in [5, 5.41) is 0. The van der Waals surface area contributed by atoms with Crippen molar-refractivity contribution in [3.8, 4) is 0 Å². The quantitative estimate of drug-likeness (QED) is 0.620. The second kappa shape index (κ2) is 5.22.